The van der Waals surface area contributed by atoms with Crippen LogP contribution in [0, 0.1) is 28.4 Å². The van der Waals surface area contributed by atoms with Crippen molar-refractivity contribution in [1.29, 1.82) is 5.26 Å². The van der Waals surface area contributed by atoms with Crippen molar-refractivity contribution in [3.8, 4) is 17.6 Å². The fourth-order valence-corrected chi connectivity index (χ4v) is 2.35. The normalized spacial score (nSPS) is 10.7. The minimum Gasteiger partial charge on any atom is -0.493 e. The molecule has 8 heteroatoms. The first-order valence-electron chi connectivity index (χ1n) is 7.79. The van der Waals surface area contributed by atoms with Crippen LogP contribution in [0.5, 0.6) is 11.5 Å². The number of ether oxygens (including phenoxy) is 2. The van der Waals surface area contributed by atoms with Gasteiger partial charge in [0.25, 0.3) is 11.6 Å². The molecule has 0 spiro atoms. The van der Waals surface area contributed by atoms with Gasteiger partial charge in [0.15, 0.2) is 11.5 Å². The lowest BCUT2D eigenvalue weighted by Gasteiger charge is -2.08. The molecule has 27 heavy (non-hydrogen) atoms. The van der Waals surface area contributed by atoms with E-state index in [0.29, 0.717) is 22.6 Å². The average molecular weight is 367 g/mol. The van der Waals surface area contributed by atoms with Crippen molar-refractivity contribution in [1.82, 2.24) is 0 Å². The number of nitro groups is 1. The number of methoxy groups -OCH3 is 2. The number of nitrogens with one attached hydrogen (secondary N) is 1. The standard InChI is InChI=1S/C19H17N3O5/c1-12-4-6-15(16(8-12)22(24)25)21-19(23)14(11-20)9-13-5-7-17(26-2)18(10-13)27-3/h4-10H,1-3H3,(H,21,23)/b14-9+. The SMILES string of the molecule is COc1ccc(/C=C(\C#N)C(=O)Nc2ccc(C)cc2[N+](=O)[O-])cc1OC. The van der Waals surface area contributed by atoms with Gasteiger partial charge >= 0.3 is 0 Å². The number of nitrogens with zero attached hydrogens (tertiary/aromatic N) is 2. The van der Waals surface area contributed by atoms with Crippen LogP contribution in [0.4, 0.5) is 11.4 Å². The zero-order valence-corrected chi connectivity index (χ0v) is 15.0. The molecule has 0 bridgehead atoms. The summed E-state index contributed by atoms with van der Waals surface area (Å²) in [6.07, 6.45) is 1.36. The summed E-state index contributed by atoms with van der Waals surface area (Å²) in [6.45, 7) is 1.70. The summed E-state index contributed by atoms with van der Waals surface area (Å²) in [4.78, 5) is 23.0. The Morgan fingerprint density at radius 2 is 1.89 bits per heavy atom. The molecule has 0 aromatic heterocycles. The fourth-order valence-electron chi connectivity index (χ4n) is 2.35. The number of anilines is 1. The van der Waals surface area contributed by atoms with E-state index < -0.39 is 10.8 Å². The molecular formula is C19H17N3O5. The smallest absolute Gasteiger partial charge is 0.293 e. The molecule has 0 atom stereocenters. The number of benzene rings is 2. The molecule has 0 heterocycles. The summed E-state index contributed by atoms with van der Waals surface area (Å²) in [7, 11) is 2.97. The molecule has 2 aromatic rings. The summed E-state index contributed by atoms with van der Waals surface area (Å²) in [5.74, 6) is 0.199. The van der Waals surface area contributed by atoms with Gasteiger partial charge in [0.05, 0.1) is 19.1 Å². The third-order valence-corrected chi connectivity index (χ3v) is 3.68. The van der Waals surface area contributed by atoms with Crippen molar-refractivity contribution in [2.45, 2.75) is 6.92 Å². The van der Waals surface area contributed by atoms with Crippen molar-refractivity contribution in [2.75, 3.05) is 19.5 Å². The number of aryl methyl sites for hydroxylation is 1. The van der Waals surface area contributed by atoms with Crippen LogP contribution in [0.3, 0.4) is 0 Å². The highest BCUT2D eigenvalue weighted by molar-refractivity contribution is 6.10. The second-order valence-corrected chi connectivity index (χ2v) is 5.52. The van der Waals surface area contributed by atoms with E-state index in [1.54, 1.807) is 37.3 Å². The topological polar surface area (TPSA) is 114 Å². The largest absolute Gasteiger partial charge is 0.493 e. The van der Waals surface area contributed by atoms with Gasteiger partial charge in [0.1, 0.15) is 17.3 Å². The summed E-state index contributed by atoms with van der Waals surface area (Å²) in [5, 5.41) is 22.9. The third kappa shape index (κ3) is 4.61. The van der Waals surface area contributed by atoms with Gasteiger partial charge in [-0.05, 0) is 42.3 Å². The van der Waals surface area contributed by atoms with Gasteiger partial charge in [0, 0.05) is 6.07 Å². The molecule has 0 aliphatic heterocycles. The zero-order valence-electron chi connectivity index (χ0n) is 15.0. The summed E-state index contributed by atoms with van der Waals surface area (Å²) in [6, 6.07) is 11.1. The predicted octanol–water partition coefficient (Wildman–Crippen LogP) is 3.47. The van der Waals surface area contributed by atoms with E-state index in [4.69, 9.17) is 9.47 Å². The molecule has 2 rings (SSSR count). The predicted molar refractivity (Wildman–Crippen MR) is 99.6 cm³/mol. The number of rotatable bonds is 6. The van der Waals surface area contributed by atoms with E-state index in [-0.39, 0.29) is 16.9 Å². The van der Waals surface area contributed by atoms with Crippen LogP contribution < -0.4 is 14.8 Å². The molecule has 1 amide bonds. The van der Waals surface area contributed by atoms with Crippen LogP contribution in [0.1, 0.15) is 11.1 Å². The Balaban J connectivity index is 2.33. The molecule has 1 N–H and O–H groups in total. The minimum atomic E-state index is -0.751. The number of carbonyl (C=O) groups excluding carboxylic acids is 1. The number of carbonyl (C=O) groups is 1. The third-order valence-electron chi connectivity index (χ3n) is 3.68. The van der Waals surface area contributed by atoms with E-state index in [2.05, 4.69) is 5.32 Å². The maximum atomic E-state index is 12.4. The van der Waals surface area contributed by atoms with E-state index in [9.17, 15) is 20.2 Å². The number of hydrogen-bond acceptors (Lipinski definition) is 6. The second kappa shape index (κ2) is 8.49. The Morgan fingerprint density at radius 3 is 2.48 bits per heavy atom. The van der Waals surface area contributed by atoms with Crippen LogP contribution in [0.25, 0.3) is 6.08 Å². The molecule has 8 nitrogen and oxygen atoms in total. The van der Waals surface area contributed by atoms with Gasteiger partial charge in [-0.2, -0.15) is 5.26 Å². The second-order valence-electron chi connectivity index (χ2n) is 5.52. The first-order valence-corrected chi connectivity index (χ1v) is 7.79. The van der Waals surface area contributed by atoms with Gasteiger partial charge in [-0.3, -0.25) is 14.9 Å². The maximum Gasteiger partial charge on any atom is 0.293 e. The van der Waals surface area contributed by atoms with Crippen LogP contribution in [-0.4, -0.2) is 25.1 Å². The highest BCUT2D eigenvalue weighted by atomic mass is 16.6. The molecule has 138 valence electrons. The summed E-state index contributed by atoms with van der Waals surface area (Å²) < 4.78 is 10.3. The van der Waals surface area contributed by atoms with Crippen molar-refractivity contribution in [2.24, 2.45) is 0 Å². The van der Waals surface area contributed by atoms with Crippen LogP contribution in [-0.2, 0) is 4.79 Å². The van der Waals surface area contributed by atoms with E-state index in [0.717, 1.165) is 0 Å². The zero-order chi connectivity index (χ0) is 20.0. The molecule has 0 radical (unpaired) electrons. The van der Waals surface area contributed by atoms with Gasteiger partial charge < -0.3 is 14.8 Å². The molecule has 0 fully saturated rings. The average Bonchev–Trinajstić information content (AvgIpc) is 2.66. The van der Waals surface area contributed by atoms with Gasteiger partial charge in [-0.15, -0.1) is 0 Å². The number of hydrogen-bond donors (Lipinski definition) is 1. The highest BCUT2D eigenvalue weighted by Crippen LogP contribution is 2.29. The maximum absolute atomic E-state index is 12.4. The fraction of sp³-hybridized carbons (Fsp3) is 0.158. The van der Waals surface area contributed by atoms with Crippen molar-refractivity contribution in [3.05, 3.63) is 63.2 Å². The Hall–Kier alpha value is -3.86. The Morgan fingerprint density at radius 1 is 1.19 bits per heavy atom. The molecule has 0 saturated carbocycles. The first-order chi connectivity index (χ1) is 12.9. The monoisotopic (exact) mass is 367 g/mol. The molecule has 0 unspecified atom stereocenters. The first kappa shape index (κ1) is 19.5. The highest BCUT2D eigenvalue weighted by Gasteiger charge is 2.18. The van der Waals surface area contributed by atoms with Crippen molar-refractivity contribution < 1.29 is 19.2 Å². The molecular weight excluding hydrogens is 350 g/mol. The lowest BCUT2D eigenvalue weighted by molar-refractivity contribution is -0.384. The molecule has 0 saturated heterocycles. The number of nitriles is 1. The van der Waals surface area contributed by atoms with Crippen LogP contribution >= 0.6 is 0 Å². The van der Waals surface area contributed by atoms with Crippen molar-refractivity contribution >= 4 is 23.4 Å². The van der Waals surface area contributed by atoms with E-state index >= 15 is 0 Å². The van der Waals surface area contributed by atoms with Gasteiger partial charge in [0.2, 0.25) is 0 Å². The number of amides is 1. The minimum absolute atomic E-state index is 0.0176. The van der Waals surface area contributed by atoms with Crippen LogP contribution in [0.15, 0.2) is 42.0 Å². The Bertz CT molecular complexity index is 960. The molecule has 2 aromatic carbocycles. The molecule has 0 aliphatic carbocycles. The summed E-state index contributed by atoms with van der Waals surface area (Å²) >= 11 is 0. The van der Waals surface area contributed by atoms with Gasteiger partial charge in [-0.1, -0.05) is 12.1 Å². The lowest BCUT2D eigenvalue weighted by Crippen LogP contribution is -2.14. The quantitative estimate of drug-likeness (QED) is 0.362. The van der Waals surface area contributed by atoms with E-state index in [1.165, 1.54) is 32.4 Å². The van der Waals surface area contributed by atoms with Crippen LogP contribution in [0.2, 0.25) is 0 Å². The Kier molecular flexibility index (Phi) is 6.12. The Labute approximate surface area is 155 Å². The van der Waals surface area contributed by atoms with Crippen molar-refractivity contribution in [3.63, 3.8) is 0 Å². The van der Waals surface area contributed by atoms with Gasteiger partial charge in [-0.25, -0.2) is 0 Å². The summed E-state index contributed by atoms with van der Waals surface area (Å²) in [5.41, 5.74) is 0.784. The lowest BCUT2D eigenvalue weighted by atomic mass is 10.1. The van der Waals surface area contributed by atoms with E-state index in [1.807, 2.05) is 0 Å². The number of nitro benzene ring substituents is 1. The molecule has 0 aliphatic rings.